The number of carbonyl (C=O) groups is 1. The Balaban J connectivity index is 2.43. The van der Waals surface area contributed by atoms with E-state index in [4.69, 9.17) is 0 Å². The lowest BCUT2D eigenvalue weighted by atomic mass is 10.2. The van der Waals surface area contributed by atoms with Gasteiger partial charge in [0.1, 0.15) is 4.83 Å². The minimum atomic E-state index is -0.226. The van der Waals surface area contributed by atoms with Gasteiger partial charge < -0.3 is 10.3 Å². The van der Waals surface area contributed by atoms with Gasteiger partial charge in [0.15, 0.2) is 0 Å². The van der Waals surface area contributed by atoms with Gasteiger partial charge in [-0.1, -0.05) is 22.5 Å². The van der Waals surface area contributed by atoms with E-state index in [1.54, 1.807) is 6.92 Å². The molecule has 2 heterocycles. The summed E-state index contributed by atoms with van der Waals surface area (Å²) in [5, 5.41) is 3.18. The molecule has 0 atom stereocenters. The molecule has 2 aromatic heterocycles. The van der Waals surface area contributed by atoms with E-state index in [0.717, 1.165) is 0 Å². The van der Waals surface area contributed by atoms with Crippen molar-refractivity contribution in [2.24, 2.45) is 0 Å². The van der Waals surface area contributed by atoms with Crippen LogP contribution in [-0.2, 0) is 0 Å². The van der Waals surface area contributed by atoms with Crippen LogP contribution >= 0.6 is 27.3 Å². The van der Waals surface area contributed by atoms with Crippen molar-refractivity contribution in [1.82, 2.24) is 15.3 Å². The fourth-order valence-corrected chi connectivity index (χ4v) is 2.76. The fraction of sp³-hybridized carbons (Fsp3) is 0.182. The zero-order valence-corrected chi connectivity index (χ0v) is 11.9. The number of aryl methyl sites for hydroxylation is 1. The Morgan fingerprint density at radius 1 is 1.67 bits per heavy atom. The van der Waals surface area contributed by atoms with E-state index in [1.165, 1.54) is 17.7 Å². The highest BCUT2D eigenvalue weighted by Gasteiger charge is 2.17. The van der Waals surface area contributed by atoms with Gasteiger partial charge in [0.2, 0.25) is 0 Å². The van der Waals surface area contributed by atoms with Crippen LogP contribution in [0.3, 0.4) is 0 Å². The van der Waals surface area contributed by atoms with Crippen molar-refractivity contribution in [1.29, 1.82) is 0 Å². The van der Waals surface area contributed by atoms with Gasteiger partial charge in [-0.3, -0.25) is 9.59 Å². The number of H-pyrrole nitrogens is 1. The molecule has 2 aromatic rings. The monoisotopic (exact) mass is 327 g/mol. The molecule has 0 aromatic carbocycles. The number of carbonyl (C=O) groups excluding carboxylic acids is 1. The highest BCUT2D eigenvalue weighted by molar-refractivity contribution is 9.11. The normalized spacial score (nSPS) is 10.6. The number of thiophene rings is 1. The Bertz CT molecular complexity index is 689. The molecule has 0 radical (unpaired) electrons. The number of aromatic amines is 1. The largest absolute Gasteiger partial charge is 0.347 e. The molecular formula is C11H10BrN3O2S. The molecule has 0 aliphatic carbocycles. The van der Waals surface area contributed by atoms with Crippen molar-refractivity contribution < 1.29 is 4.79 Å². The molecule has 7 heteroatoms. The summed E-state index contributed by atoms with van der Waals surface area (Å²) in [6.45, 7) is 5.73. The lowest BCUT2D eigenvalue weighted by molar-refractivity contribution is 0.0961. The van der Waals surface area contributed by atoms with Crippen molar-refractivity contribution in [3.8, 4) is 0 Å². The molecule has 0 bridgehead atoms. The van der Waals surface area contributed by atoms with Crippen LogP contribution in [0.25, 0.3) is 10.2 Å². The third kappa shape index (κ3) is 2.37. The van der Waals surface area contributed by atoms with E-state index in [0.29, 0.717) is 31.7 Å². The molecular weight excluding hydrogens is 318 g/mol. The first-order valence-electron chi connectivity index (χ1n) is 5.09. The molecule has 2 N–H and O–H groups in total. The first-order chi connectivity index (χ1) is 8.50. The van der Waals surface area contributed by atoms with Crippen molar-refractivity contribution in [2.45, 2.75) is 6.92 Å². The molecule has 0 fully saturated rings. The summed E-state index contributed by atoms with van der Waals surface area (Å²) in [4.78, 5) is 31.2. The molecule has 0 aliphatic rings. The van der Waals surface area contributed by atoms with Gasteiger partial charge >= 0.3 is 0 Å². The quantitative estimate of drug-likeness (QED) is 0.904. The first-order valence-corrected chi connectivity index (χ1v) is 6.70. The summed E-state index contributed by atoms with van der Waals surface area (Å²) in [5.74, 6) is -0.226. The lowest BCUT2D eigenvalue weighted by Gasteiger charge is -2.02. The number of fused-ring (bicyclic) bond motifs is 1. The van der Waals surface area contributed by atoms with Crippen LogP contribution in [0.4, 0.5) is 0 Å². The van der Waals surface area contributed by atoms with Crippen molar-refractivity contribution in [3.05, 3.63) is 38.2 Å². The number of nitrogens with one attached hydrogen (secondary N) is 2. The van der Waals surface area contributed by atoms with Crippen LogP contribution in [0.5, 0.6) is 0 Å². The summed E-state index contributed by atoms with van der Waals surface area (Å²) in [6, 6.07) is 0. The topological polar surface area (TPSA) is 74.8 Å². The fourth-order valence-electron chi connectivity index (χ4n) is 1.55. The van der Waals surface area contributed by atoms with E-state index in [9.17, 15) is 9.59 Å². The highest BCUT2D eigenvalue weighted by atomic mass is 79.9. The van der Waals surface area contributed by atoms with E-state index >= 15 is 0 Å². The van der Waals surface area contributed by atoms with Crippen LogP contribution in [0, 0.1) is 6.92 Å². The van der Waals surface area contributed by atoms with E-state index < -0.39 is 0 Å². The summed E-state index contributed by atoms with van der Waals surface area (Å²) in [5.41, 5.74) is 0.430. The smallest absolute Gasteiger partial charge is 0.262 e. The highest BCUT2D eigenvalue weighted by Crippen LogP contribution is 2.26. The Morgan fingerprint density at radius 2 is 2.39 bits per heavy atom. The third-order valence-electron chi connectivity index (χ3n) is 2.38. The Kier molecular flexibility index (Phi) is 3.63. The van der Waals surface area contributed by atoms with Gasteiger partial charge in [-0.2, -0.15) is 0 Å². The number of hydrogen-bond acceptors (Lipinski definition) is 4. The van der Waals surface area contributed by atoms with Gasteiger partial charge in [-0.15, -0.1) is 11.3 Å². The Hall–Kier alpha value is -1.47. The summed E-state index contributed by atoms with van der Waals surface area (Å²) >= 11 is 4.38. The van der Waals surface area contributed by atoms with Crippen LogP contribution in [0.2, 0.25) is 0 Å². The molecule has 2 rings (SSSR count). The van der Waals surface area contributed by atoms with Crippen molar-refractivity contribution >= 4 is 43.4 Å². The van der Waals surface area contributed by atoms with Crippen molar-refractivity contribution in [2.75, 3.05) is 6.54 Å². The van der Waals surface area contributed by atoms with E-state index in [-0.39, 0.29) is 11.5 Å². The van der Waals surface area contributed by atoms with Gasteiger partial charge in [0.05, 0.1) is 16.6 Å². The second-order valence-corrected chi connectivity index (χ2v) is 5.79. The molecule has 94 valence electrons. The summed E-state index contributed by atoms with van der Waals surface area (Å²) < 4.78 is 0.686. The van der Waals surface area contributed by atoms with Gasteiger partial charge in [0.25, 0.3) is 11.5 Å². The summed E-state index contributed by atoms with van der Waals surface area (Å²) in [7, 11) is 0. The number of rotatable bonds is 3. The molecule has 0 unspecified atom stereocenters. The van der Waals surface area contributed by atoms with Crippen molar-refractivity contribution in [3.63, 3.8) is 0 Å². The van der Waals surface area contributed by atoms with Gasteiger partial charge in [0, 0.05) is 11.0 Å². The molecule has 0 saturated carbocycles. The lowest BCUT2D eigenvalue weighted by Crippen LogP contribution is -2.24. The maximum absolute atomic E-state index is 11.9. The maximum Gasteiger partial charge on any atom is 0.262 e. The molecule has 5 nitrogen and oxygen atoms in total. The second-order valence-electron chi connectivity index (χ2n) is 3.67. The van der Waals surface area contributed by atoms with E-state index in [1.807, 2.05) is 0 Å². The second kappa shape index (κ2) is 5.03. The maximum atomic E-state index is 11.9. The minimum Gasteiger partial charge on any atom is -0.347 e. The average molecular weight is 328 g/mol. The van der Waals surface area contributed by atoms with Gasteiger partial charge in [-0.25, -0.2) is 4.98 Å². The number of nitrogens with zero attached hydrogens (tertiary/aromatic N) is 1. The zero-order chi connectivity index (χ0) is 13.3. The average Bonchev–Trinajstić information content (AvgIpc) is 2.65. The van der Waals surface area contributed by atoms with Crippen LogP contribution < -0.4 is 10.9 Å². The molecule has 0 saturated heterocycles. The van der Waals surface area contributed by atoms with Crippen LogP contribution in [0.1, 0.15) is 15.2 Å². The predicted octanol–water partition coefficient (Wildman–Crippen LogP) is 1.93. The molecule has 18 heavy (non-hydrogen) atoms. The molecule has 0 aliphatic heterocycles. The van der Waals surface area contributed by atoms with Gasteiger partial charge in [-0.05, 0) is 12.5 Å². The minimum absolute atomic E-state index is 0.224. The Morgan fingerprint density at radius 3 is 3.00 bits per heavy atom. The van der Waals surface area contributed by atoms with E-state index in [2.05, 4.69) is 37.8 Å². The Labute approximate surface area is 115 Å². The standard InChI is InChI=1S/C11H10BrN3O2S/c1-5(12)3-13-10(17)8-6(2)7-9(16)14-4-15-11(7)18-8/h4H,1,3H2,2H3,(H,13,17)(H,14,15,16). The van der Waals surface area contributed by atoms with Crippen LogP contribution in [-0.4, -0.2) is 22.4 Å². The predicted molar refractivity (Wildman–Crippen MR) is 75.4 cm³/mol. The first kappa shape index (κ1) is 13.0. The SMILES string of the molecule is C=C(Br)CNC(=O)c1sc2nc[nH]c(=O)c2c1C. The third-order valence-corrected chi connectivity index (χ3v) is 3.86. The summed E-state index contributed by atoms with van der Waals surface area (Å²) in [6.07, 6.45) is 1.34. The van der Waals surface area contributed by atoms with Crippen LogP contribution in [0.15, 0.2) is 22.2 Å². The number of aromatic nitrogens is 2. The molecule has 1 amide bonds. The number of halogens is 1. The molecule has 0 spiro atoms. The number of amides is 1. The number of hydrogen-bond donors (Lipinski definition) is 2. The zero-order valence-electron chi connectivity index (χ0n) is 9.54.